The van der Waals surface area contributed by atoms with Crippen LogP contribution >= 0.6 is 23.6 Å². The van der Waals surface area contributed by atoms with Crippen LogP contribution in [0.4, 0.5) is 5.00 Å². The van der Waals surface area contributed by atoms with E-state index in [1.54, 1.807) is 11.3 Å². The number of piperidine rings is 1. The molecule has 2 aromatic rings. The molecule has 2 heterocycles. The Morgan fingerprint density at radius 1 is 1.37 bits per heavy atom. The molecule has 1 N–H and O–H groups in total. The summed E-state index contributed by atoms with van der Waals surface area (Å²) in [4.78, 5) is 15.7. The summed E-state index contributed by atoms with van der Waals surface area (Å²) in [6.45, 7) is 6.36. The Morgan fingerprint density at radius 3 is 2.85 bits per heavy atom. The quantitative estimate of drug-likeness (QED) is 0.566. The van der Waals surface area contributed by atoms with Gasteiger partial charge in [-0.25, -0.2) is 4.79 Å². The first kappa shape index (κ1) is 19.8. The maximum absolute atomic E-state index is 12.4. The highest BCUT2D eigenvalue weighted by Gasteiger charge is 2.22. The number of esters is 1. The molecule has 1 aliphatic rings. The van der Waals surface area contributed by atoms with Gasteiger partial charge >= 0.3 is 5.97 Å². The minimum Gasteiger partial charge on any atom is -0.462 e. The highest BCUT2D eigenvalue weighted by atomic mass is 32.1. The van der Waals surface area contributed by atoms with Crippen LogP contribution in [0.2, 0.25) is 0 Å². The Labute approximate surface area is 170 Å². The minimum absolute atomic E-state index is 0.301. The van der Waals surface area contributed by atoms with Gasteiger partial charge in [-0.05, 0) is 49.5 Å². The lowest BCUT2D eigenvalue weighted by Crippen LogP contribution is -2.41. The molecule has 4 nitrogen and oxygen atoms in total. The van der Waals surface area contributed by atoms with Crippen molar-refractivity contribution in [3.63, 3.8) is 0 Å². The molecule has 1 saturated heterocycles. The van der Waals surface area contributed by atoms with Crippen LogP contribution in [0, 0.1) is 5.92 Å². The van der Waals surface area contributed by atoms with Gasteiger partial charge in [0.15, 0.2) is 5.11 Å². The van der Waals surface area contributed by atoms with Crippen molar-refractivity contribution in [1.82, 2.24) is 4.90 Å². The van der Waals surface area contributed by atoms with Crippen molar-refractivity contribution in [2.45, 2.75) is 33.1 Å². The molecule has 0 radical (unpaired) electrons. The number of likely N-dealkylation sites (tertiary alicyclic amines) is 1. The number of hydrogen-bond acceptors (Lipinski definition) is 4. The molecule has 1 aromatic heterocycles. The van der Waals surface area contributed by atoms with Crippen molar-refractivity contribution in [3.05, 3.63) is 52.4 Å². The second kappa shape index (κ2) is 9.33. The number of carbonyl (C=O) groups is 1. The van der Waals surface area contributed by atoms with E-state index in [9.17, 15) is 4.79 Å². The summed E-state index contributed by atoms with van der Waals surface area (Å²) in [7, 11) is 0. The van der Waals surface area contributed by atoms with E-state index in [1.807, 2.05) is 31.2 Å². The third-order valence-corrected chi connectivity index (χ3v) is 6.08. The Balaban J connectivity index is 1.79. The van der Waals surface area contributed by atoms with Crippen LogP contribution in [0.5, 0.6) is 0 Å². The van der Waals surface area contributed by atoms with E-state index >= 15 is 0 Å². The second-order valence-corrected chi connectivity index (χ2v) is 8.49. The Morgan fingerprint density at radius 2 is 2.15 bits per heavy atom. The zero-order valence-electron chi connectivity index (χ0n) is 15.9. The number of benzene rings is 1. The average molecular weight is 403 g/mol. The maximum Gasteiger partial charge on any atom is 0.341 e. The van der Waals surface area contributed by atoms with Crippen LogP contribution in [0.15, 0.2) is 36.4 Å². The molecule has 1 atom stereocenters. The Kier molecular flexibility index (Phi) is 6.85. The van der Waals surface area contributed by atoms with Crippen molar-refractivity contribution < 1.29 is 9.53 Å². The first-order valence-electron chi connectivity index (χ1n) is 9.46. The van der Waals surface area contributed by atoms with Crippen LogP contribution in [-0.2, 0) is 11.2 Å². The first-order valence-corrected chi connectivity index (χ1v) is 10.7. The van der Waals surface area contributed by atoms with Gasteiger partial charge in [-0.1, -0.05) is 37.3 Å². The van der Waals surface area contributed by atoms with Gasteiger partial charge in [-0.15, -0.1) is 11.3 Å². The number of nitrogens with zero attached hydrogens (tertiary/aromatic N) is 1. The summed E-state index contributed by atoms with van der Waals surface area (Å²) in [5.41, 5.74) is 1.79. The molecule has 1 aliphatic heterocycles. The van der Waals surface area contributed by atoms with E-state index in [-0.39, 0.29) is 5.97 Å². The lowest BCUT2D eigenvalue weighted by molar-refractivity contribution is 0.0528. The number of hydrogen-bond donors (Lipinski definition) is 1. The molecule has 0 bridgehead atoms. The van der Waals surface area contributed by atoms with Gasteiger partial charge in [0.1, 0.15) is 5.00 Å². The fourth-order valence-corrected chi connectivity index (χ4v) is 4.74. The van der Waals surface area contributed by atoms with E-state index in [2.05, 4.69) is 29.3 Å². The molecule has 0 unspecified atom stereocenters. The van der Waals surface area contributed by atoms with E-state index in [4.69, 9.17) is 17.0 Å². The zero-order valence-corrected chi connectivity index (χ0v) is 17.5. The number of thiocarbonyl (C=S) groups is 1. The normalized spacial score (nSPS) is 16.8. The molecule has 1 aromatic carbocycles. The summed E-state index contributed by atoms with van der Waals surface area (Å²) >= 11 is 7.20. The third kappa shape index (κ3) is 5.30. The lowest BCUT2D eigenvalue weighted by atomic mass is 10.0. The SMILES string of the molecule is CCOC(=O)c1cc(Cc2ccccc2)sc1NC(=S)N1CCC[C@H](C)C1. The van der Waals surface area contributed by atoms with E-state index < -0.39 is 0 Å². The predicted octanol–water partition coefficient (Wildman–Crippen LogP) is 4.94. The molecule has 27 heavy (non-hydrogen) atoms. The monoisotopic (exact) mass is 402 g/mol. The average Bonchev–Trinajstić information content (AvgIpc) is 3.05. The number of carbonyl (C=O) groups excluding carboxylic acids is 1. The third-order valence-electron chi connectivity index (χ3n) is 4.66. The molecule has 144 valence electrons. The van der Waals surface area contributed by atoms with Crippen molar-refractivity contribution in [2.75, 3.05) is 25.0 Å². The van der Waals surface area contributed by atoms with Crippen LogP contribution in [0.3, 0.4) is 0 Å². The molecule has 0 spiro atoms. The summed E-state index contributed by atoms with van der Waals surface area (Å²) in [6.07, 6.45) is 3.18. The zero-order chi connectivity index (χ0) is 19.2. The molecule has 0 aliphatic carbocycles. The maximum atomic E-state index is 12.4. The lowest BCUT2D eigenvalue weighted by Gasteiger charge is -2.32. The van der Waals surface area contributed by atoms with Gasteiger partial charge in [0.25, 0.3) is 0 Å². The van der Waals surface area contributed by atoms with Crippen molar-refractivity contribution in [1.29, 1.82) is 0 Å². The number of nitrogens with one attached hydrogen (secondary N) is 1. The minimum atomic E-state index is -0.301. The fraction of sp³-hybridized carbons (Fsp3) is 0.429. The van der Waals surface area contributed by atoms with Gasteiger partial charge in [-0.3, -0.25) is 0 Å². The number of anilines is 1. The van der Waals surface area contributed by atoms with Crippen molar-refractivity contribution >= 4 is 39.6 Å². The van der Waals surface area contributed by atoms with Crippen LogP contribution < -0.4 is 5.32 Å². The summed E-state index contributed by atoms with van der Waals surface area (Å²) < 4.78 is 5.25. The molecule has 0 amide bonds. The van der Waals surface area contributed by atoms with Gasteiger partial charge < -0.3 is 15.0 Å². The summed E-state index contributed by atoms with van der Waals surface area (Å²) in [6, 6.07) is 12.2. The summed E-state index contributed by atoms with van der Waals surface area (Å²) in [5, 5.41) is 4.80. The molecule has 0 saturated carbocycles. The number of thiophene rings is 1. The number of ether oxygens (including phenoxy) is 1. The van der Waals surface area contributed by atoms with Gasteiger partial charge in [0.2, 0.25) is 0 Å². The standard InChI is InChI=1S/C21H26N2O2S2/c1-3-25-20(24)18-13-17(12-16-9-5-4-6-10-16)27-19(18)22-21(26)23-11-7-8-15(2)14-23/h4-6,9-10,13,15H,3,7-8,11-12,14H2,1-2H3,(H,22,26)/t15-/m0/s1. The predicted molar refractivity (Wildman–Crippen MR) is 116 cm³/mol. The first-order chi connectivity index (χ1) is 13.1. The summed E-state index contributed by atoms with van der Waals surface area (Å²) in [5.74, 6) is 0.338. The van der Waals surface area contributed by atoms with Crippen molar-refractivity contribution in [3.8, 4) is 0 Å². The van der Waals surface area contributed by atoms with E-state index in [0.29, 0.717) is 23.2 Å². The molecule has 6 heteroatoms. The van der Waals surface area contributed by atoms with Crippen LogP contribution in [0.25, 0.3) is 0 Å². The highest BCUT2D eigenvalue weighted by Crippen LogP contribution is 2.31. The van der Waals surface area contributed by atoms with Crippen molar-refractivity contribution in [2.24, 2.45) is 5.92 Å². The van der Waals surface area contributed by atoms with Crippen LogP contribution in [-0.4, -0.2) is 35.7 Å². The molecule has 1 fully saturated rings. The second-order valence-electron chi connectivity index (χ2n) is 6.96. The molecular formula is C21H26N2O2S2. The molecule has 3 rings (SSSR count). The topological polar surface area (TPSA) is 41.6 Å². The van der Waals surface area contributed by atoms with E-state index in [1.165, 1.54) is 12.0 Å². The molecular weight excluding hydrogens is 376 g/mol. The Bertz CT molecular complexity index is 789. The fourth-order valence-electron chi connectivity index (χ4n) is 3.33. The largest absolute Gasteiger partial charge is 0.462 e. The van der Waals surface area contributed by atoms with Gasteiger partial charge in [0.05, 0.1) is 12.2 Å². The van der Waals surface area contributed by atoms with E-state index in [0.717, 1.165) is 35.8 Å². The smallest absolute Gasteiger partial charge is 0.341 e. The van der Waals surface area contributed by atoms with Gasteiger partial charge in [0, 0.05) is 24.4 Å². The van der Waals surface area contributed by atoms with Crippen LogP contribution in [0.1, 0.15) is 47.5 Å². The number of rotatable bonds is 5. The van der Waals surface area contributed by atoms with Gasteiger partial charge in [-0.2, -0.15) is 0 Å². The Hall–Kier alpha value is -1.92. The highest BCUT2D eigenvalue weighted by molar-refractivity contribution is 7.80.